The van der Waals surface area contributed by atoms with Crippen molar-refractivity contribution in [2.24, 2.45) is 0 Å². The van der Waals surface area contributed by atoms with E-state index in [-0.39, 0.29) is 0 Å². The molecular formula is C17H19NO3. The smallest absolute Gasteiger partial charge is 0.153 e. The molecule has 0 unspecified atom stereocenters. The molecule has 0 aliphatic rings. The van der Waals surface area contributed by atoms with Gasteiger partial charge >= 0.3 is 0 Å². The maximum absolute atomic E-state index is 11.1. The lowest BCUT2D eigenvalue weighted by Crippen LogP contribution is -2.02. The molecule has 0 atom stereocenters. The molecule has 0 radical (unpaired) electrons. The van der Waals surface area contributed by atoms with Crippen molar-refractivity contribution in [3.63, 3.8) is 0 Å². The first-order chi connectivity index (χ1) is 10.2. The first-order valence-corrected chi connectivity index (χ1v) is 7.00. The molecule has 0 aliphatic carbocycles. The summed E-state index contributed by atoms with van der Waals surface area (Å²) in [6.07, 6.45) is 1.71. The number of ether oxygens (including phenoxy) is 2. The average molecular weight is 285 g/mol. The van der Waals surface area contributed by atoms with Crippen LogP contribution >= 0.6 is 0 Å². The lowest BCUT2D eigenvalue weighted by atomic mass is 10.2. The van der Waals surface area contributed by atoms with Gasteiger partial charge in [0.2, 0.25) is 0 Å². The summed E-state index contributed by atoms with van der Waals surface area (Å²) in [5.41, 5.74) is 2.27. The van der Waals surface area contributed by atoms with Gasteiger partial charge in [0.05, 0.1) is 17.9 Å². The molecule has 21 heavy (non-hydrogen) atoms. The molecule has 4 nitrogen and oxygen atoms in total. The highest BCUT2D eigenvalue weighted by Crippen LogP contribution is 2.24. The fourth-order valence-corrected chi connectivity index (χ4v) is 1.88. The predicted octanol–water partition coefficient (Wildman–Crippen LogP) is 3.57. The van der Waals surface area contributed by atoms with Crippen molar-refractivity contribution in [2.75, 3.05) is 6.61 Å². The van der Waals surface area contributed by atoms with Crippen molar-refractivity contribution in [3.8, 4) is 11.5 Å². The number of aldehydes is 1. The van der Waals surface area contributed by atoms with Crippen LogP contribution in [0.25, 0.3) is 0 Å². The van der Waals surface area contributed by atoms with Gasteiger partial charge in [-0.25, -0.2) is 0 Å². The molecule has 0 saturated heterocycles. The van der Waals surface area contributed by atoms with Crippen LogP contribution in [0.3, 0.4) is 0 Å². The molecule has 110 valence electrons. The zero-order chi connectivity index (χ0) is 15.1. The number of aryl methyl sites for hydroxylation is 1. The zero-order valence-corrected chi connectivity index (χ0v) is 12.3. The molecule has 2 aromatic rings. The average Bonchev–Trinajstić information content (AvgIpc) is 2.51. The molecule has 0 fully saturated rings. The van der Waals surface area contributed by atoms with E-state index < -0.39 is 0 Å². The highest BCUT2D eigenvalue weighted by atomic mass is 16.5. The summed E-state index contributed by atoms with van der Waals surface area (Å²) < 4.78 is 11.3. The van der Waals surface area contributed by atoms with Gasteiger partial charge in [0.15, 0.2) is 6.29 Å². The van der Waals surface area contributed by atoms with Crippen LogP contribution in [0.15, 0.2) is 36.4 Å². The summed E-state index contributed by atoms with van der Waals surface area (Å²) in [4.78, 5) is 15.5. The standard InChI is InChI=1S/C17H19NO3/c1-3-9-20-16-8-7-14(11-19)17(10-16)21-12-15-6-4-5-13(2)18-15/h4-8,10-11H,3,9,12H2,1-2H3. The minimum Gasteiger partial charge on any atom is -0.493 e. The van der Waals surface area contributed by atoms with Crippen LogP contribution in [-0.4, -0.2) is 17.9 Å². The van der Waals surface area contributed by atoms with Gasteiger partial charge in [-0.3, -0.25) is 9.78 Å². The van der Waals surface area contributed by atoms with Crippen LogP contribution in [0, 0.1) is 6.92 Å². The Morgan fingerprint density at radius 2 is 2.05 bits per heavy atom. The van der Waals surface area contributed by atoms with Crippen molar-refractivity contribution < 1.29 is 14.3 Å². The molecule has 0 amide bonds. The summed E-state index contributed by atoms with van der Waals surface area (Å²) in [7, 11) is 0. The molecule has 1 aromatic carbocycles. The van der Waals surface area contributed by atoms with E-state index in [1.165, 1.54) is 0 Å². The van der Waals surface area contributed by atoms with Gasteiger partial charge in [0.1, 0.15) is 18.1 Å². The van der Waals surface area contributed by atoms with Gasteiger partial charge in [-0.15, -0.1) is 0 Å². The largest absolute Gasteiger partial charge is 0.493 e. The first kappa shape index (κ1) is 15.0. The summed E-state index contributed by atoms with van der Waals surface area (Å²) in [5.74, 6) is 1.22. The van der Waals surface area contributed by atoms with E-state index in [2.05, 4.69) is 4.98 Å². The lowest BCUT2D eigenvalue weighted by Gasteiger charge is -2.11. The Morgan fingerprint density at radius 3 is 2.76 bits per heavy atom. The number of aromatic nitrogens is 1. The van der Waals surface area contributed by atoms with Crippen LogP contribution in [0.1, 0.15) is 35.1 Å². The number of pyridine rings is 1. The van der Waals surface area contributed by atoms with Gasteiger partial charge in [0.25, 0.3) is 0 Å². The number of benzene rings is 1. The zero-order valence-electron chi connectivity index (χ0n) is 12.3. The van der Waals surface area contributed by atoms with Crippen molar-refractivity contribution in [2.45, 2.75) is 26.9 Å². The highest BCUT2D eigenvalue weighted by Gasteiger charge is 2.06. The Bertz CT molecular complexity index is 611. The van der Waals surface area contributed by atoms with Crippen LogP contribution in [0.2, 0.25) is 0 Å². The second kappa shape index (κ2) is 7.43. The van der Waals surface area contributed by atoms with E-state index in [0.29, 0.717) is 30.3 Å². The molecule has 1 aromatic heterocycles. The first-order valence-electron chi connectivity index (χ1n) is 7.00. The monoisotopic (exact) mass is 285 g/mol. The summed E-state index contributed by atoms with van der Waals surface area (Å²) in [6, 6.07) is 11.0. The SMILES string of the molecule is CCCOc1ccc(C=O)c(OCc2cccc(C)n2)c1. The van der Waals surface area contributed by atoms with Crippen molar-refractivity contribution in [1.82, 2.24) is 4.98 Å². The normalized spacial score (nSPS) is 10.2. The maximum Gasteiger partial charge on any atom is 0.153 e. The van der Waals surface area contributed by atoms with Gasteiger partial charge in [0, 0.05) is 11.8 Å². The number of hydrogen-bond acceptors (Lipinski definition) is 4. The number of nitrogens with zero attached hydrogens (tertiary/aromatic N) is 1. The topological polar surface area (TPSA) is 48.4 Å². The van der Waals surface area contributed by atoms with E-state index in [0.717, 1.165) is 24.1 Å². The number of carbonyl (C=O) groups excluding carboxylic acids is 1. The Kier molecular flexibility index (Phi) is 5.32. The van der Waals surface area contributed by atoms with E-state index in [4.69, 9.17) is 9.47 Å². The van der Waals surface area contributed by atoms with E-state index in [1.54, 1.807) is 18.2 Å². The lowest BCUT2D eigenvalue weighted by molar-refractivity contribution is 0.111. The second-order valence-electron chi connectivity index (χ2n) is 4.72. The van der Waals surface area contributed by atoms with E-state index in [1.807, 2.05) is 32.0 Å². The molecule has 0 aliphatic heterocycles. The fraction of sp³-hybridized carbons (Fsp3) is 0.294. The molecule has 4 heteroatoms. The quantitative estimate of drug-likeness (QED) is 0.730. The molecule has 0 spiro atoms. The van der Waals surface area contributed by atoms with Crippen molar-refractivity contribution in [3.05, 3.63) is 53.3 Å². The van der Waals surface area contributed by atoms with Crippen molar-refractivity contribution >= 4 is 6.29 Å². The number of rotatable bonds is 7. The van der Waals surface area contributed by atoms with Crippen LogP contribution in [0.5, 0.6) is 11.5 Å². The summed E-state index contributed by atoms with van der Waals surface area (Å²) >= 11 is 0. The predicted molar refractivity (Wildman–Crippen MR) is 80.9 cm³/mol. The fourth-order valence-electron chi connectivity index (χ4n) is 1.88. The Balaban J connectivity index is 2.11. The highest BCUT2D eigenvalue weighted by molar-refractivity contribution is 5.79. The van der Waals surface area contributed by atoms with E-state index in [9.17, 15) is 4.79 Å². The Morgan fingerprint density at radius 1 is 1.19 bits per heavy atom. The van der Waals surface area contributed by atoms with Gasteiger partial charge < -0.3 is 9.47 Å². The molecule has 0 bridgehead atoms. The maximum atomic E-state index is 11.1. The number of hydrogen-bond donors (Lipinski definition) is 0. The minimum atomic E-state index is 0.319. The second-order valence-corrected chi connectivity index (χ2v) is 4.72. The minimum absolute atomic E-state index is 0.319. The molecule has 1 heterocycles. The van der Waals surface area contributed by atoms with Gasteiger partial charge in [-0.05, 0) is 37.6 Å². The van der Waals surface area contributed by atoms with Gasteiger partial charge in [-0.2, -0.15) is 0 Å². The molecule has 0 saturated carbocycles. The third-order valence-electron chi connectivity index (χ3n) is 2.91. The van der Waals surface area contributed by atoms with Crippen LogP contribution < -0.4 is 9.47 Å². The third-order valence-corrected chi connectivity index (χ3v) is 2.91. The summed E-state index contributed by atoms with van der Waals surface area (Å²) in [6.45, 7) is 4.93. The van der Waals surface area contributed by atoms with Crippen molar-refractivity contribution in [1.29, 1.82) is 0 Å². The van der Waals surface area contributed by atoms with Gasteiger partial charge in [-0.1, -0.05) is 13.0 Å². The van der Waals surface area contributed by atoms with Crippen LogP contribution in [0.4, 0.5) is 0 Å². The third kappa shape index (κ3) is 4.31. The molecular weight excluding hydrogens is 266 g/mol. The Labute approximate surface area is 124 Å². The Hall–Kier alpha value is -2.36. The molecule has 2 rings (SSSR count). The summed E-state index contributed by atoms with van der Waals surface area (Å²) in [5, 5.41) is 0. The number of carbonyl (C=O) groups is 1. The van der Waals surface area contributed by atoms with E-state index >= 15 is 0 Å². The molecule has 0 N–H and O–H groups in total. The van der Waals surface area contributed by atoms with Crippen LogP contribution in [-0.2, 0) is 6.61 Å².